The largest absolute Gasteiger partial charge is 0.368 e. The fraction of sp³-hybridized carbons (Fsp3) is 0.348. The molecule has 2 atom stereocenters. The van der Waals surface area contributed by atoms with E-state index in [-0.39, 0.29) is 23.9 Å². The quantitative estimate of drug-likeness (QED) is 0.680. The lowest BCUT2D eigenvalue weighted by atomic mass is 10.0. The van der Waals surface area contributed by atoms with Crippen molar-refractivity contribution in [2.24, 2.45) is 12.8 Å². The van der Waals surface area contributed by atoms with E-state index >= 15 is 0 Å². The maximum Gasteiger partial charge on any atom is 0.261 e. The molecule has 3 aromatic rings. The molecule has 0 saturated carbocycles. The number of aromatic nitrogens is 2. The third-order valence-electron chi connectivity index (χ3n) is 6.23. The summed E-state index contributed by atoms with van der Waals surface area (Å²) in [5.41, 5.74) is 11.1. The predicted octanol–water partition coefficient (Wildman–Crippen LogP) is 2.86. The van der Waals surface area contributed by atoms with E-state index in [1.165, 1.54) is 4.90 Å². The summed E-state index contributed by atoms with van der Waals surface area (Å²) in [6, 6.07) is 10.8. The molecule has 1 saturated heterocycles. The first kappa shape index (κ1) is 18.8. The van der Waals surface area contributed by atoms with E-state index in [0.717, 1.165) is 41.8 Å². The molecule has 1 fully saturated rings. The van der Waals surface area contributed by atoms with Crippen LogP contribution in [0, 0.1) is 0 Å². The molecule has 2 aliphatic rings. The van der Waals surface area contributed by atoms with Gasteiger partial charge in [-0.2, -0.15) is 0 Å². The van der Waals surface area contributed by atoms with Gasteiger partial charge in [-0.05, 0) is 44.0 Å². The standard InChI is InChI=1S/C23H25N5O2/c1-14(24)21-20(12-19-18(25-21)9-11-26(19)2)27-10-5-6-15(13-27)28-22(29)16-7-3-4-8-17(16)23(28)30/h3-4,7-9,11-12,14-15H,5-6,10,13,24H2,1-2H3/t14-,15+/m0/s1. The minimum absolute atomic E-state index is 0.170. The van der Waals surface area contributed by atoms with Gasteiger partial charge in [0.25, 0.3) is 11.8 Å². The number of fused-ring (bicyclic) bond motifs is 2. The highest BCUT2D eigenvalue weighted by Crippen LogP contribution is 2.33. The topological polar surface area (TPSA) is 84.5 Å². The summed E-state index contributed by atoms with van der Waals surface area (Å²) in [4.78, 5) is 34.4. The minimum Gasteiger partial charge on any atom is -0.368 e. The molecular formula is C23H25N5O2. The van der Waals surface area contributed by atoms with E-state index in [0.29, 0.717) is 17.7 Å². The number of anilines is 1. The van der Waals surface area contributed by atoms with Gasteiger partial charge in [-0.15, -0.1) is 0 Å². The summed E-state index contributed by atoms with van der Waals surface area (Å²) in [6.07, 6.45) is 3.68. The number of piperidine rings is 1. The minimum atomic E-state index is -0.218. The number of carbonyl (C=O) groups is 2. The van der Waals surface area contributed by atoms with Gasteiger partial charge in [-0.25, -0.2) is 4.98 Å². The zero-order valence-electron chi connectivity index (χ0n) is 17.2. The maximum absolute atomic E-state index is 13.0. The Morgan fingerprint density at radius 2 is 1.83 bits per heavy atom. The van der Waals surface area contributed by atoms with Crippen molar-refractivity contribution in [2.75, 3.05) is 18.0 Å². The molecule has 5 rings (SSSR count). The number of nitrogens with two attached hydrogens (primary N) is 1. The van der Waals surface area contributed by atoms with E-state index in [4.69, 9.17) is 10.7 Å². The van der Waals surface area contributed by atoms with Gasteiger partial charge in [0.1, 0.15) is 0 Å². The Hall–Kier alpha value is -3.19. The van der Waals surface area contributed by atoms with Crippen LogP contribution in [-0.4, -0.2) is 45.4 Å². The van der Waals surface area contributed by atoms with Gasteiger partial charge in [0.15, 0.2) is 0 Å². The van der Waals surface area contributed by atoms with E-state index in [1.807, 2.05) is 30.8 Å². The smallest absolute Gasteiger partial charge is 0.261 e. The van der Waals surface area contributed by atoms with Crippen molar-refractivity contribution in [2.45, 2.75) is 31.8 Å². The highest BCUT2D eigenvalue weighted by Gasteiger charge is 2.41. The molecule has 0 radical (unpaired) electrons. The monoisotopic (exact) mass is 403 g/mol. The molecule has 4 heterocycles. The van der Waals surface area contributed by atoms with Crippen LogP contribution >= 0.6 is 0 Å². The molecule has 1 aromatic carbocycles. The third-order valence-corrected chi connectivity index (χ3v) is 6.23. The lowest BCUT2D eigenvalue weighted by molar-refractivity contribution is 0.0570. The van der Waals surface area contributed by atoms with Crippen molar-refractivity contribution in [3.8, 4) is 0 Å². The molecule has 2 N–H and O–H groups in total. The van der Waals surface area contributed by atoms with Crippen molar-refractivity contribution >= 4 is 28.5 Å². The molecule has 0 aliphatic carbocycles. The van der Waals surface area contributed by atoms with Crippen molar-refractivity contribution in [1.29, 1.82) is 0 Å². The van der Waals surface area contributed by atoms with Crippen LogP contribution in [0.25, 0.3) is 11.0 Å². The lowest BCUT2D eigenvalue weighted by Gasteiger charge is -2.38. The Balaban J connectivity index is 1.49. The van der Waals surface area contributed by atoms with Crippen LogP contribution in [0.3, 0.4) is 0 Å². The van der Waals surface area contributed by atoms with Crippen LogP contribution in [0.4, 0.5) is 5.69 Å². The molecule has 2 aromatic heterocycles. The van der Waals surface area contributed by atoms with Gasteiger partial charge in [-0.3, -0.25) is 14.5 Å². The highest BCUT2D eigenvalue weighted by atomic mass is 16.2. The highest BCUT2D eigenvalue weighted by molar-refractivity contribution is 6.21. The first-order valence-electron chi connectivity index (χ1n) is 10.4. The van der Waals surface area contributed by atoms with Gasteiger partial charge in [0.05, 0.1) is 39.6 Å². The summed E-state index contributed by atoms with van der Waals surface area (Å²) < 4.78 is 2.04. The van der Waals surface area contributed by atoms with Crippen molar-refractivity contribution in [1.82, 2.24) is 14.5 Å². The molecule has 0 spiro atoms. The second kappa shape index (κ2) is 6.95. The Labute approximate surface area is 175 Å². The van der Waals surface area contributed by atoms with E-state index in [9.17, 15) is 9.59 Å². The molecule has 2 aliphatic heterocycles. The lowest BCUT2D eigenvalue weighted by Crippen LogP contribution is -2.50. The summed E-state index contributed by atoms with van der Waals surface area (Å²) in [5, 5.41) is 0. The summed E-state index contributed by atoms with van der Waals surface area (Å²) >= 11 is 0. The van der Waals surface area contributed by atoms with Gasteiger partial charge in [0, 0.05) is 32.4 Å². The van der Waals surface area contributed by atoms with Crippen LogP contribution < -0.4 is 10.6 Å². The van der Waals surface area contributed by atoms with Gasteiger partial charge < -0.3 is 15.2 Å². The Kier molecular flexibility index (Phi) is 4.36. The molecule has 154 valence electrons. The van der Waals surface area contributed by atoms with E-state index in [2.05, 4.69) is 11.0 Å². The average Bonchev–Trinajstić information content (AvgIpc) is 3.24. The third kappa shape index (κ3) is 2.81. The summed E-state index contributed by atoms with van der Waals surface area (Å²) in [6.45, 7) is 3.37. The number of amides is 2. The van der Waals surface area contributed by atoms with Crippen LogP contribution in [-0.2, 0) is 7.05 Å². The second-order valence-corrected chi connectivity index (χ2v) is 8.28. The number of hydrogen-bond donors (Lipinski definition) is 1. The van der Waals surface area contributed by atoms with Crippen LogP contribution in [0.15, 0.2) is 42.6 Å². The number of pyridine rings is 1. The maximum atomic E-state index is 13.0. The van der Waals surface area contributed by atoms with Gasteiger partial charge in [-0.1, -0.05) is 12.1 Å². The number of aryl methyl sites for hydroxylation is 1. The van der Waals surface area contributed by atoms with Crippen LogP contribution in [0.2, 0.25) is 0 Å². The fourth-order valence-electron chi connectivity index (χ4n) is 4.70. The molecular weight excluding hydrogens is 378 g/mol. The van der Waals surface area contributed by atoms with E-state index < -0.39 is 0 Å². The Bertz CT molecular complexity index is 1130. The molecule has 30 heavy (non-hydrogen) atoms. The summed E-state index contributed by atoms with van der Waals surface area (Å²) in [7, 11) is 2.00. The van der Waals surface area contributed by atoms with Crippen LogP contribution in [0.1, 0.15) is 52.2 Å². The Morgan fingerprint density at radius 3 is 2.50 bits per heavy atom. The average molecular weight is 403 g/mol. The normalized spacial score (nSPS) is 20.2. The Morgan fingerprint density at radius 1 is 1.13 bits per heavy atom. The summed E-state index contributed by atoms with van der Waals surface area (Å²) in [5.74, 6) is -0.378. The number of hydrogen-bond acceptors (Lipinski definition) is 5. The SMILES string of the molecule is C[C@H](N)c1nc2ccn(C)c2cc1N1CCC[C@@H](N2C(=O)c3ccccc3C2=O)C1. The number of nitrogens with zero attached hydrogens (tertiary/aromatic N) is 4. The fourth-order valence-corrected chi connectivity index (χ4v) is 4.70. The molecule has 2 amide bonds. The van der Waals surface area contributed by atoms with Crippen molar-refractivity contribution in [3.63, 3.8) is 0 Å². The van der Waals surface area contributed by atoms with Crippen molar-refractivity contribution < 1.29 is 9.59 Å². The van der Waals surface area contributed by atoms with Crippen LogP contribution in [0.5, 0.6) is 0 Å². The molecule has 7 nitrogen and oxygen atoms in total. The number of carbonyl (C=O) groups excluding carboxylic acids is 2. The zero-order chi connectivity index (χ0) is 21.0. The second-order valence-electron chi connectivity index (χ2n) is 8.28. The molecule has 0 unspecified atom stereocenters. The first-order chi connectivity index (χ1) is 14.5. The molecule has 7 heteroatoms. The van der Waals surface area contributed by atoms with Gasteiger partial charge >= 0.3 is 0 Å². The zero-order valence-corrected chi connectivity index (χ0v) is 17.2. The van der Waals surface area contributed by atoms with Gasteiger partial charge in [0.2, 0.25) is 0 Å². The van der Waals surface area contributed by atoms with E-state index in [1.54, 1.807) is 24.3 Å². The molecule has 0 bridgehead atoms. The number of rotatable bonds is 3. The van der Waals surface area contributed by atoms with Crippen molar-refractivity contribution in [3.05, 3.63) is 59.4 Å². The predicted molar refractivity (Wildman–Crippen MR) is 115 cm³/mol. The first-order valence-corrected chi connectivity index (χ1v) is 10.4. The number of benzene rings is 1. The number of imide groups is 1.